The summed E-state index contributed by atoms with van der Waals surface area (Å²) in [4.78, 5) is 11.5. The van der Waals surface area contributed by atoms with Crippen molar-refractivity contribution in [2.75, 3.05) is 0 Å². The van der Waals surface area contributed by atoms with Crippen LogP contribution in [0, 0.1) is 0 Å². The van der Waals surface area contributed by atoms with Crippen LogP contribution >= 0.6 is 23.2 Å². The Balaban J connectivity index is 2.47. The number of ether oxygens (including phenoxy) is 1. The molecule has 0 bridgehead atoms. The fourth-order valence-corrected chi connectivity index (χ4v) is 1.94. The summed E-state index contributed by atoms with van der Waals surface area (Å²) in [5.74, 6) is -0.185. The Morgan fingerprint density at radius 1 is 1.29 bits per heavy atom. The van der Waals surface area contributed by atoms with Gasteiger partial charge >= 0.3 is 5.97 Å². The van der Waals surface area contributed by atoms with Gasteiger partial charge in [0.2, 0.25) is 0 Å². The van der Waals surface area contributed by atoms with Gasteiger partial charge in [-0.15, -0.1) is 0 Å². The van der Waals surface area contributed by atoms with E-state index in [1.54, 1.807) is 6.07 Å². The van der Waals surface area contributed by atoms with Crippen LogP contribution < -0.4 is 0 Å². The van der Waals surface area contributed by atoms with Crippen LogP contribution in [0.4, 0.5) is 0 Å². The molecule has 0 heterocycles. The summed E-state index contributed by atoms with van der Waals surface area (Å²) < 4.78 is 5.18. The third-order valence-corrected chi connectivity index (χ3v) is 2.88. The molecule has 17 heavy (non-hydrogen) atoms. The van der Waals surface area contributed by atoms with Crippen LogP contribution in [0.2, 0.25) is 10.0 Å². The summed E-state index contributed by atoms with van der Waals surface area (Å²) in [6.45, 7) is 3.86. The van der Waals surface area contributed by atoms with E-state index in [9.17, 15) is 4.79 Å². The maximum atomic E-state index is 11.5. The highest BCUT2D eigenvalue weighted by molar-refractivity contribution is 6.34. The van der Waals surface area contributed by atoms with Crippen LogP contribution in [0.5, 0.6) is 0 Å². The Kier molecular flexibility index (Phi) is 5.79. The molecule has 0 saturated heterocycles. The lowest BCUT2D eigenvalue weighted by Gasteiger charge is -2.10. The number of hydrogen-bond acceptors (Lipinski definition) is 2. The largest absolute Gasteiger partial charge is 0.463 e. The Bertz CT molecular complexity index is 371. The van der Waals surface area contributed by atoms with Gasteiger partial charge in [0.25, 0.3) is 0 Å². The molecule has 0 N–H and O–H groups in total. The van der Waals surface area contributed by atoms with E-state index in [0.29, 0.717) is 22.9 Å². The molecule has 0 aliphatic carbocycles. The normalized spacial score (nSPS) is 12.2. The van der Waals surface area contributed by atoms with Crippen LogP contribution in [0.3, 0.4) is 0 Å². The van der Waals surface area contributed by atoms with Crippen molar-refractivity contribution >= 4 is 29.2 Å². The monoisotopic (exact) mass is 274 g/mol. The van der Waals surface area contributed by atoms with Gasteiger partial charge in [-0.05, 0) is 43.5 Å². The molecule has 0 aliphatic rings. The first kappa shape index (κ1) is 14.3. The summed E-state index contributed by atoms with van der Waals surface area (Å²) in [5, 5.41) is 1.17. The smallest absolute Gasteiger partial charge is 0.306 e. The average Bonchev–Trinajstić information content (AvgIpc) is 2.25. The van der Waals surface area contributed by atoms with Crippen molar-refractivity contribution in [2.45, 2.75) is 39.2 Å². The van der Waals surface area contributed by atoms with Gasteiger partial charge in [0.05, 0.1) is 6.10 Å². The first-order chi connectivity index (χ1) is 8.01. The van der Waals surface area contributed by atoms with E-state index in [2.05, 4.69) is 0 Å². The minimum absolute atomic E-state index is 0.0227. The van der Waals surface area contributed by atoms with Crippen molar-refractivity contribution in [2.24, 2.45) is 0 Å². The Hall–Kier alpha value is -0.730. The van der Waals surface area contributed by atoms with Crippen molar-refractivity contribution in [3.63, 3.8) is 0 Å². The summed E-state index contributed by atoms with van der Waals surface area (Å²) in [7, 11) is 0. The third-order valence-electron chi connectivity index (χ3n) is 2.45. The molecule has 0 fully saturated rings. The molecule has 0 amide bonds. The molecule has 0 radical (unpaired) electrons. The second-order valence-corrected chi connectivity index (χ2v) is 4.86. The molecule has 1 aromatic rings. The van der Waals surface area contributed by atoms with Crippen LogP contribution in [0.25, 0.3) is 0 Å². The van der Waals surface area contributed by atoms with Gasteiger partial charge in [-0.2, -0.15) is 0 Å². The van der Waals surface area contributed by atoms with Crippen molar-refractivity contribution in [3.8, 4) is 0 Å². The number of aryl methyl sites for hydroxylation is 1. The number of hydrogen-bond donors (Lipinski definition) is 0. The number of benzene rings is 1. The van der Waals surface area contributed by atoms with E-state index in [0.717, 1.165) is 12.0 Å². The predicted octanol–water partition coefficient (Wildman–Crippen LogP) is 4.27. The highest BCUT2D eigenvalue weighted by atomic mass is 35.5. The zero-order valence-electron chi connectivity index (χ0n) is 10.0. The van der Waals surface area contributed by atoms with Crippen LogP contribution in [0.1, 0.15) is 32.3 Å². The lowest BCUT2D eigenvalue weighted by molar-refractivity contribution is -0.148. The second-order valence-electron chi connectivity index (χ2n) is 3.99. The Labute approximate surface area is 112 Å². The van der Waals surface area contributed by atoms with Gasteiger partial charge in [-0.1, -0.05) is 30.1 Å². The summed E-state index contributed by atoms with van der Waals surface area (Å²) >= 11 is 11.7. The molecule has 1 rings (SSSR count). The topological polar surface area (TPSA) is 26.3 Å². The standard InChI is InChI=1S/C13H16Cl2O2/c1-3-9(2)17-13(16)5-4-10-6-11(14)8-12(15)7-10/h6-9H,3-5H2,1-2H3. The van der Waals surface area contributed by atoms with Gasteiger partial charge in [0.1, 0.15) is 0 Å². The molecule has 4 heteroatoms. The Morgan fingerprint density at radius 2 is 1.88 bits per heavy atom. The molecule has 94 valence electrons. The summed E-state index contributed by atoms with van der Waals surface area (Å²) in [5.41, 5.74) is 0.948. The number of carbonyl (C=O) groups is 1. The van der Waals surface area contributed by atoms with E-state index < -0.39 is 0 Å². The second kappa shape index (κ2) is 6.87. The zero-order chi connectivity index (χ0) is 12.8. The minimum atomic E-state index is -0.185. The molecule has 1 atom stereocenters. The maximum absolute atomic E-state index is 11.5. The van der Waals surface area contributed by atoms with Gasteiger partial charge in [-0.3, -0.25) is 4.79 Å². The van der Waals surface area contributed by atoms with Gasteiger partial charge in [0.15, 0.2) is 0 Å². The van der Waals surface area contributed by atoms with Crippen LogP contribution in [0.15, 0.2) is 18.2 Å². The summed E-state index contributed by atoms with van der Waals surface area (Å²) in [6, 6.07) is 5.29. The zero-order valence-corrected chi connectivity index (χ0v) is 11.5. The molecule has 0 saturated carbocycles. The van der Waals surface area contributed by atoms with Gasteiger partial charge in [0, 0.05) is 16.5 Å². The SMILES string of the molecule is CCC(C)OC(=O)CCc1cc(Cl)cc(Cl)c1. The van der Waals surface area contributed by atoms with E-state index in [1.807, 2.05) is 26.0 Å². The molecule has 1 aromatic carbocycles. The predicted molar refractivity (Wildman–Crippen MR) is 70.6 cm³/mol. The van der Waals surface area contributed by atoms with Crippen molar-refractivity contribution in [3.05, 3.63) is 33.8 Å². The number of esters is 1. The number of halogens is 2. The lowest BCUT2D eigenvalue weighted by Crippen LogP contribution is -2.14. The molecular formula is C13H16Cl2O2. The third kappa shape index (κ3) is 5.42. The Morgan fingerprint density at radius 3 is 2.41 bits per heavy atom. The van der Waals surface area contributed by atoms with E-state index in [1.165, 1.54) is 0 Å². The van der Waals surface area contributed by atoms with E-state index in [-0.39, 0.29) is 12.1 Å². The molecule has 0 aliphatic heterocycles. The first-order valence-electron chi connectivity index (χ1n) is 5.65. The first-order valence-corrected chi connectivity index (χ1v) is 6.41. The molecular weight excluding hydrogens is 259 g/mol. The summed E-state index contributed by atoms with van der Waals surface area (Å²) in [6.07, 6.45) is 1.75. The molecule has 2 nitrogen and oxygen atoms in total. The molecule has 0 aromatic heterocycles. The quantitative estimate of drug-likeness (QED) is 0.750. The van der Waals surface area contributed by atoms with Crippen molar-refractivity contribution in [1.29, 1.82) is 0 Å². The average molecular weight is 275 g/mol. The fourth-order valence-electron chi connectivity index (χ4n) is 1.37. The lowest BCUT2D eigenvalue weighted by atomic mass is 10.1. The molecule has 0 spiro atoms. The van der Waals surface area contributed by atoms with Crippen molar-refractivity contribution in [1.82, 2.24) is 0 Å². The fraction of sp³-hybridized carbons (Fsp3) is 0.462. The van der Waals surface area contributed by atoms with E-state index >= 15 is 0 Å². The van der Waals surface area contributed by atoms with Gasteiger partial charge < -0.3 is 4.74 Å². The van der Waals surface area contributed by atoms with Crippen molar-refractivity contribution < 1.29 is 9.53 Å². The highest BCUT2D eigenvalue weighted by Gasteiger charge is 2.08. The molecule has 1 unspecified atom stereocenters. The maximum Gasteiger partial charge on any atom is 0.306 e. The van der Waals surface area contributed by atoms with E-state index in [4.69, 9.17) is 27.9 Å². The number of rotatable bonds is 5. The van der Waals surface area contributed by atoms with Crippen LogP contribution in [-0.2, 0) is 16.0 Å². The van der Waals surface area contributed by atoms with Crippen LogP contribution in [-0.4, -0.2) is 12.1 Å². The number of carbonyl (C=O) groups excluding carboxylic acids is 1. The highest BCUT2D eigenvalue weighted by Crippen LogP contribution is 2.20. The van der Waals surface area contributed by atoms with Gasteiger partial charge in [-0.25, -0.2) is 0 Å². The minimum Gasteiger partial charge on any atom is -0.463 e.